The lowest BCUT2D eigenvalue weighted by atomic mass is 10.2. The van der Waals surface area contributed by atoms with Gasteiger partial charge in [0.2, 0.25) is 0 Å². The Hall–Kier alpha value is -0.380. The molecule has 0 spiro atoms. The highest BCUT2D eigenvalue weighted by Crippen LogP contribution is 2.36. The third-order valence-corrected chi connectivity index (χ3v) is 4.62. The van der Waals surface area contributed by atoms with E-state index in [-0.39, 0.29) is 0 Å². The van der Waals surface area contributed by atoms with Crippen molar-refractivity contribution in [2.24, 2.45) is 0 Å². The van der Waals surface area contributed by atoms with Gasteiger partial charge >= 0.3 is 0 Å². The van der Waals surface area contributed by atoms with Crippen LogP contribution >= 0.6 is 38.9 Å². The van der Waals surface area contributed by atoms with Crippen molar-refractivity contribution in [3.05, 3.63) is 33.1 Å². The predicted molar refractivity (Wildman–Crippen MR) is 64.5 cm³/mol. The van der Waals surface area contributed by atoms with Crippen LogP contribution in [0.1, 0.15) is 15.2 Å². The second-order valence-electron chi connectivity index (χ2n) is 2.83. The first-order valence-electron chi connectivity index (χ1n) is 3.99. The highest BCUT2D eigenvalue weighted by molar-refractivity contribution is 9.10. The molecule has 2 aromatic rings. The monoisotopic (exact) mass is 288 g/mol. The van der Waals surface area contributed by atoms with Crippen molar-refractivity contribution >= 4 is 55.2 Å². The first-order valence-corrected chi connectivity index (χ1v) is 6.13. The van der Waals surface area contributed by atoms with E-state index in [1.165, 1.54) is 11.3 Å². The number of alkyl halides is 1. The lowest BCUT2D eigenvalue weighted by Crippen LogP contribution is -1.75. The van der Waals surface area contributed by atoms with Crippen LogP contribution < -0.4 is 0 Å². The third-order valence-electron chi connectivity index (χ3n) is 2.01. The van der Waals surface area contributed by atoms with E-state index < -0.39 is 0 Å². The molecule has 14 heavy (non-hydrogen) atoms. The van der Waals surface area contributed by atoms with Crippen molar-refractivity contribution < 1.29 is 4.79 Å². The van der Waals surface area contributed by atoms with Gasteiger partial charge in [-0.15, -0.1) is 22.9 Å². The molecule has 0 saturated heterocycles. The smallest absolute Gasteiger partial charge is 0.161 e. The van der Waals surface area contributed by atoms with Crippen molar-refractivity contribution in [2.45, 2.75) is 5.88 Å². The number of carbonyl (C=O) groups excluding carboxylic acids is 1. The summed E-state index contributed by atoms with van der Waals surface area (Å²) in [6.45, 7) is 0. The average molecular weight is 290 g/mol. The molecule has 0 saturated carbocycles. The minimum Gasteiger partial charge on any atom is -0.297 e. The molecule has 0 bridgehead atoms. The van der Waals surface area contributed by atoms with Gasteiger partial charge in [-0.25, -0.2) is 0 Å². The number of carbonyl (C=O) groups is 1. The summed E-state index contributed by atoms with van der Waals surface area (Å²) in [4.78, 5) is 11.5. The molecule has 0 radical (unpaired) electrons. The SMILES string of the molecule is O=Cc1sc2c(CCl)cccc2c1Br. The number of fused-ring (bicyclic) bond motifs is 1. The van der Waals surface area contributed by atoms with Gasteiger partial charge < -0.3 is 0 Å². The van der Waals surface area contributed by atoms with E-state index in [1.807, 2.05) is 18.2 Å². The Morgan fingerprint density at radius 2 is 2.29 bits per heavy atom. The van der Waals surface area contributed by atoms with Crippen molar-refractivity contribution in [1.82, 2.24) is 0 Å². The molecule has 72 valence electrons. The summed E-state index contributed by atoms with van der Waals surface area (Å²) in [7, 11) is 0. The Kier molecular flexibility index (Phi) is 2.91. The molecule has 0 atom stereocenters. The lowest BCUT2D eigenvalue weighted by molar-refractivity contribution is 0.112. The van der Waals surface area contributed by atoms with Crippen molar-refractivity contribution in [3.63, 3.8) is 0 Å². The van der Waals surface area contributed by atoms with E-state index in [9.17, 15) is 4.79 Å². The Morgan fingerprint density at radius 3 is 2.93 bits per heavy atom. The van der Waals surface area contributed by atoms with Gasteiger partial charge in [-0.05, 0) is 21.5 Å². The van der Waals surface area contributed by atoms with Crippen LogP contribution in [0.2, 0.25) is 0 Å². The van der Waals surface area contributed by atoms with E-state index in [2.05, 4.69) is 15.9 Å². The number of rotatable bonds is 2. The molecule has 0 unspecified atom stereocenters. The summed E-state index contributed by atoms with van der Waals surface area (Å²) in [6, 6.07) is 5.91. The normalized spacial score (nSPS) is 10.7. The van der Waals surface area contributed by atoms with E-state index in [0.717, 1.165) is 31.3 Å². The Bertz CT molecular complexity index is 492. The van der Waals surface area contributed by atoms with Crippen molar-refractivity contribution in [2.75, 3.05) is 0 Å². The summed E-state index contributed by atoms with van der Waals surface area (Å²) in [5.41, 5.74) is 1.07. The van der Waals surface area contributed by atoms with Crippen LogP contribution in [0.15, 0.2) is 22.7 Å². The summed E-state index contributed by atoms with van der Waals surface area (Å²) < 4.78 is 1.97. The largest absolute Gasteiger partial charge is 0.297 e. The summed E-state index contributed by atoms with van der Waals surface area (Å²) in [5, 5.41) is 1.07. The fourth-order valence-corrected chi connectivity index (χ4v) is 3.47. The first kappa shape index (κ1) is 10.1. The van der Waals surface area contributed by atoms with Gasteiger partial charge in [0.25, 0.3) is 0 Å². The number of benzene rings is 1. The minimum atomic E-state index is 0.475. The Labute approximate surface area is 98.8 Å². The molecule has 2 rings (SSSR count). The first-order chi connectivity index (χ1) is 6.77. The van der Waals surface area contributed by atoms with Gasteiger partial charge in [0.05, 0.1) is 4.88 Å². The summed E-state index contributed by atoms with van der Waals surface area (Å²) in [6.07, 6.45) is 0.868. The number of halogens is 2. The maximum Gasteiger partial charge on any atom is 0.161 e. The van der Waals surface area contributed by atoms with E-state index in [4.69, 9.17) is 11.6 Å². The highest BCUT2D eigenvalue weighted by atomic mass is 79.9. The highest BCUT2D eigenvalue weighted by Gasteiger charge is 2.10. The average Bonchev–Trinajstić information content (AvgIpc) is 2.55. The zero-order valence-corrected chi connectivity index (χ0v) is 10.2. The lowest BCUT2D eigenvalue weighted by Gasteiger charge is -1.96. The van der Waals surface area contributed by atoms with Crippen LogP contribution in [-0.4, -0.2) is 6.29 Å². The summed E-state index contributed by atoms with van der Waals surface area (Å²) >= 11 is 10.7. The van der Waals surface area contributed by atoms with Crippen LogP contribution in [-0.2, 0) is 5.88 Å². The molecule has 1 aromatic heterocycles. The molecule has 1 heterocycles. The molecule has 0 N–H and O–H groups in total. The molecule has 1 nitrogen and oxygen atoms in total. The summed E-state index contributed by atoms with van der Waals surface area (Å²) in [5.74, 6) is 0.475. The van der Waals surface area contributed by atoms with Gasteiger partial charge in [-0.2, -0.15) is 0 Å². The number of hydrogen-bond acceptors (Lipinski definition) is 2. The van der Waals surface area contributed by atoms with E-state index in [1.54, 1.807) is 0 Å². The molecule has 4 heteroatoms. The molecule has 0 amide bonds. The fraction of sp³-hybridized carbons (Fsp3) is 0.100. The topological polar surface area (TPSA) is 17.1 Å². The van der Waals surface area contributed by atoms with Gasteiger partial charge in [0, 0.05) is 20.4 Å². The second-order valence-corrected chi connectivity index (χ2v) is 4.94. The molecule has 0 fully saturated rings. The van der Waals surface area contributed by atoms with Crippen LogP contribution in [0.5, 0.6) is 0 Å². The molecule has 0 aliphatic rings. The fourth-order valence-electron chi connectivity index (χ4n) is 1.35. The third kappa shape index (κ3) is 1.49. The van der Waals surface area contributed by atoms with Crippen LogP contribution in [0.25, 0.3) is 10.1 Å². The molecular formula is C10H6BrClOS. The molecule has 0 aliphatic carbocycles. The maximum atomic E-state index is 10.7. The number of hydrogen-bond donors (Lipinski definition) is 0. The minimum absolute atomic E-state index is 0.475. The standard InChI is InChI=1S/C10H6BrClOS/c11-9-7-3-1-2-6(4-12)10(7)14-8(9)5-13/h1-3,5H,4H2. The van der Waals surface area contributed by atoms with Crippen LogP contribution in [0.3, 0.4) is 0 Å². The van der Waals surface area contributed by atoms with Gasteiger partial charge in [0.1, 0.15) is 0 Å². The quantitative estimate of drug-likeness (QED) is 0.598. The van der Waals surface area contributed by atoms with Crippen LogP contribution in [0.4, 0.5) is 0 Å². The Morgan fingerprint density at radius 1 is 1.50 bits per heavy atom. The molecular weight excluding hydrogens is 284 g/mol. The molecule has 1 aromatic carbocycles. The Balaban J connectivity index is 2.83. The zero-order valence-electron chi connectivity index (χ0n) is 7.09. The molecule has 0 aliphatic heterocycles. The number of thiophene rings is 1. The van der Waals surface area contributed by atoms with Crippen molar-refractivity contribution in [3.8, 4) is 0 Å². The number of aldehydes is 1. The second kappa shape index (κ2) is 4.01. The van der Waals surface area contributed by atoms with E-state index >= 15 is 0 Å². The maximum absolute atomic E-state index is 10.7. The van der Waals surface area contributed by atoms with E-state index in [0.29, 0.717) is 5.88 Å². The van der Waals surface area contributed by atoms with Gasteiger partial charge in [-0.1, -0.05) is 18.2 Å². The van der Waals surface area contributed by atoms with Gasteiger partial charge in [-0.3, -0.25) is 4.79 Å². The van der Waals surface area contributed by atoms with Crippen molar-refractivity contribution in [1.29, 1.82) is 0 Å². The van der Waals surface area contributed by atoms with Crippen LogP contribution in [0, 0.1) is 0 Å². The zero-order chi connectivity index (χ0) is 10.1. The predicted octanol–water partition coefficient (Wildman–Crippen LogP) is 4.22. The van der Waals surface area contributed by atoms with Gasteiger partial charge in [0.15, 0.2) is 6.29 Å².